The normalized spacial score (nSPS) is 26.9. The van der Waals surface area contributed by atoms with Crippen LogP contribution in [0.5, 0.6) is 0 Å². The molecule has 11 heteroatoms. The zero-order chi connectivity index (χ0) is 22.2. The molecule has 6 rings (SSSR count). The summed E-state index contributed by atoms with van der Waals surface area (Å²) in [6, 6.07) is 0.305. The van der Waals surface area contributed by atoms with Crippen molar-refractivity contribution in [3.63, 3.8) is 0 Å². The van der Waals surface area contributed by atoms with E-state index in [1.165, 1.54) is 0 Å². The molecule has 32 heavy (non-hydrogen) atoms. The minimum Gasteiger partial charge on any atom is -0.321 e. The van der Waals surface area contributed by atoms with Gasteiger partial charge in [0.15, 0.2) is 0 Å². The quantitative estimate of drug-likeness (QED) is 0.637. The van der Waals surface area contributed by atoms with Crippen LogP contribution in [0.1, 0.15) is 66.3 Å². The van der Waals surface area contributed by atoms with Gasteiger partial charge in [0, 0.05) is 31.3 Å². The van der Waals surface area contributed by atoms with Gasteiger partial charge in [-0.2, -0.15) is 23.4 Å². The van der Waals surface area contributed by atoms with Crippen LogP contribution in [0.15, 0.2) is 18.7 Å². The Morgan fingerprint density at radius 3 is 2.50 bits per heavy atom. The van der Waals surface area contributed by atoms with Crippen molar-refractivity contribution in [2.24, 2.45) is 18.9 Å². The van der Waals surface area contributed by atoms with Gasteiger partial charge < -0.3 is 5.32 Å². The maximum atomic E-state index is 13.3. The molecular formula is C21H23F3N8. The fraction of sp³-hybridized carbons (Fsp3) is 0.571. The zero-order valence-corrected chi connectivity index (χ0v) is 17.7. The molecule has 3 aliphatic rings. The monoisotopic (exact) mass is 444 g/mol. The zero-order valence-electron chi connectivity index (χ0n) is 17.7. The lowest BCUT2D eigenvalue weighted by Crippen LogP contribution is -2.12. The molecular weight excluding hydrogens is 421 g/mol. The van der Waals surface area contributed by atoms with Crippen molar-refractivity contribution in [1.82, 2.24) is 34.5 Å². The molecule has 0 aliphatic heterocycles. The second-order valence-electron chi connectivity index (χ2n) is 9.22. The SMILES string of the molecule is Cc1nn([C@H]2C[C@@H]3[C@H](C2)[C@H]3c2ncnn2C)cc1Nc1ncc(C(F)(F)F)c(C2CC2)n1. The number of rotatable bonds is 5. The number of anilines is 2. The summed E-state index contributed by atoms with van der Waals surface area (Å²) < 4.78 is 43.7. The van der Waals surface area contributed by atoms with Crippen LogP contribution in [0.25, 0.3) is 0 Å². The number of nitrogens with one attached hydrogen (secondary N) is 1. The molecule has 0 spiro atoms. The average molecular weight is 444 g/mol. The highest BCUT2D eigenvalue weighted by molar-refractivity contribution is 5.55. The second-order valence-corrected chi connectivity index (χ2v) is 9.22. The van der Waals surface area contributed by atoms with Gasteiger partial charge in [0.25, 0.3) is 0 Å². The number of hydrogen-bond acceptors (Lipinski definition) is 6. The van der Waals surface area contributed by atoms with Crippen molar-refractivity contribution in [3.8, 4) is 0 Å². The van der Waals surface area contributed by atoms with Crippen LogP contribution in [-0.2, 0) is 13.2 Å². The van der Waals surface area contributed by atoms with Crippen LogP contribution in [0, 0.1) is 18.8 Å². The number of alkyl halides is 3. The maximum Gasteiger partial charge on any atom is 0.419 e. The number of aromatic nitrogens is 7. The van der Waals surface area contributed by atoms with E-state index in [-0.39, 0.29) is 17.6 Å². The fourth-order valence-electron chi connectivity index (χ4n) is 5.27. The lowest BCUT2D eigenvalue weighted by atomic mass is 10.1. The Morgan fingerprint density at radius 1 is 1.12 bits per heavy atom. The van der Waals surface area contributed by atoms with E-state index in [0.717, 1.165) is 49.1 Å². The third-order valence-corrected chi connectivity index (χ3v) is 7.09. The van der Waals surface area contributed by atoms with Crippen LogP contribution in [0.3, 0.4) is 0 Å². The third kappa shape index (κ3) is 3.25. The van der Waals surface area contributed by atoms with E-state index in [4.69, 9.17) is 0 Å². The van der Waals surface area contributed by atoms with Gasteiger partial charge in [-0.1, -0.05) is 0 Å². The first-order valence-electron chi connectivity index (χ1n) is 10.9. The standard InChI is InChI=1S/C21H23F3N8/c1-10-16(28-20-25-7-15(21(22,23)24)18(29-20)11-3-4-11)8-32(30-10)12-5-13-14(6-12)17(13)19-26-9-27-31(19)2/h7-9,11-14,17H,3-6H2,1-2H3,(H,25,28,29)/t12-,13+,14-,17-. The van der Waals surface area contributed by atoms with E-state index in [1.807, 2.05) is 29.5 Å². The first kappa shape index (κ1) is 19.7. The molecule has 8 nitrogen and oxygen atoms in total. The van der Waals surface area contributed by atoms with Gasteiger partial charge >= 0.3 is 6.18 Å². The summed E-state index contributed by atoms with van der Waals surface area (Å²) in [7, 11) is 1.93. The van der Waals surface area contributed by atoms with Gasteiger partial charge in [0.1, 0.15) is 12.2 Å². The first-order chi connectivity index (χ1) is 15.3. The number of hydrogen-bond donors (Lipinski definition) is 1. The van der Waals surface area contributed by atoms with Gasteiger partial charge in [-0.05, 0) is 44.4 Å². The topological polar surface area (TPSA) is 86.3 Å². The Labute approximate surface area is 182 Å². The molecule has 3 saturated carbocycles. The van der Waals surface area contributed by atoms with Gasteiger partial charge in [-0.15, -0.1) is 0 Å². The summed E-state index contributed by atoms with van der Waals surface area (Å²) in [5, 5.41) is 11.9. The smallest absolute Gasteiger partial charge is 0.321 e. The van der Waals surface area contributed by atoms with Crippen LogP contribution in [-0.4, -0.2) is 34.5 Å². The van der Waals surface area contributed by atoms with Crippen molar-refractivity contribution < 1.29 is 13.2 Å². The van der Waals surface area contributed by atoms with Gasteiger partial charge in [-0.3, -0.25) is 9.36 Å². The Hall–Kier alpha value is -2.98. The Kier molecular flexibility index (Phi) is 4.16. The van der Waals surface area contributed by atoms with Crippen LogP contribution >= 0.6 is 0 Å². The number of aryl methyl sites for hydroxylation is 2. The molecule has 0 aromatic carbocycles. The molecule has 3 aromatic heterocycles. The minimum absolute atomic E-state index is 0.0886. The van der Waals surface area contributed by atoms with Crippen molar-refractivity contribution in [2.45, 2.75) is 56.7 Å². The van der Waals surface area contributed by atoms with E-state index in [1.54, 1.807) is 6.33 Å². The Morgan fingerprint density at radius 2 is 1.88 bits per heavy atom. The van der Waals surface area contributed by atoms with Crippen LogP contribution in [0.4, 0.5) is 24.8 Å². The fourth-order valence-corrected chi connectivity index (χ4v) is 5.27. The predicted molar refractivity (Wildman–Crippen MR) is 108 cm³/mol. The molecule has 0 amide bonds. The molecule has 1 N–H and O–H groups in total. The average Bonchev–Trinajstić information content (AvgIpc) is 3.55. The summed E-state index contributed by atoms with van der Waals surface area (Å²) in [6.45, 7) is 1.88. The molecule has 3 heterocycles. The third-order valence-electron chi connectivity index (χ3n) is 7.09. The van der Waals surface area contributed by atoms with Gasteiger partial charge in [0.2, 0.25) is 5.95 Å². The lowest BCUT2D eigenvalue weighted by Gasteiger charge is -2.14. The van der Waals surface area contributed by atoms with Crippen molar-refractivity contribution in [3.05, 3.63) is 41.5 Å². The van der Waals surface area contributed by atoms with E-state index < -0.39 is 11.7 Å². The molecule has 0 unspecified atom stereocenters. The molecule has 3 fully saturated rings. The summed E-state index contributed by atoms with van der Waals surface area (Å²) in [5.41, 5.74) is 0.843. The Bertz CT molecular complexity index is 1170. The van der Waals surface area contributed by atoms with Gasteiger partial charge in [-0.25, -0.2) is 15.0 Å². The lowest BCUT2D eigenvalue weighted by molar-refractivity contribution is -0.138. The molecule has 0 saturated heterocycles. The highest BCUT2D eigenvalue weighted by Crippen LogP contribution is 2.65. The first-order valence-corrected chi connectivity index (χ1v) is 10.9. The Balaban J connectivity index is 1.17. The highest BCUT2D eigenvalue weighted by atomic mass is 19.4. The summed E-state index contributed by atoms with van der Waals surface area (Å²) in [4.78, 5) is 12.5. The number of nitrogens with zero attached hydrogens (tertiary/aromatic N) is 7. The summed E-state index contributed by atoms with van der Waals surface area (Å²) in [6.07, 6.45) is 3.50. The number of fused-ring (bicyclic) bond motifs is 1. The highest BCUT2D eigenvalue weighted by Gasteiger charge is 2.58. The van der Waals surface area contributed by atoms with Crippen molar-refractivity contribution in [1.29, 1.82) is 0 Å². The molecule has 4 atom stereocenters. The van der Waals surface area contributed by atoms with E-state index in [9.17, 15) is 13.2 Å². The molecule has 168 valence electrons. The second kappa shape index (κ2) is 6.76. The molecule has 3 aliphatic carbocycles. The van der Waals surface area contributed by atoms with Crippen molar-refractivity contribution >= 4 is 11.6 Å². The van der Waals surface area contributed by atoms with Gasteiger partial charge in [0.05, 0.1) is 28.7 Å². The largest absolute Gasteiger partial charge is 0.419 e. The molecule has 3 aromatic rings. The summed E-state index contributed by atoms with van der Waals surface area (Å²) >= 11 is 0. The number of halogens is 3. The molecule has 0 bridgehead atoms. The predicted octanol–water partition coefficient (Wildman–Crippen LogP) is 4.11. The van der Waals surface area contributed by atoms with E-state index >= 15 is 0 Å². The van der Waals surface area contributed by atoms with E-state index in [2.05, 4.69) is 30.5 Å². The van der Waals surface area contributed by atoms with Crippen LogP contribution < -0.4 is 5.32 Å². The van der Waals surface area contributed by atoms with Crippen molar-refractivity contribution in [2.75, 3.05) is 5.32 Å². The maximum absolute atomic E-state index is 13.3. The minimum atomic E-state index is -4.44. The van der Waals surface area contributed by atoms with E-state index in [0.29, 0.717) is 23.8 Å². The van der Waals surface area contributed by atoms with Crippen LogP contribution in [0.2, 0.25) is 0 Å². The summed E-state index contributed by atoms with van der Waals surface area (Å²) in [5.74, 6) is 2.79. The molecule has 0 radical (unpaired) electrons.